The van der Waals surface area contributed by atoms with E-state index in [1.54, 1.807) is 0 Å². The molecule has 8 aromatic carbocycles. The predicted octanol–water partition coefficient (Wildman–Crippen LogP) is 12.6. The van der Waals surface area contributed by atoms with Gasteiger partial charge in [-0.05, 0) is 63.0 Å². The summed E-state index contributed by atoms with van der Waals surface area (Å²) in [4.78, 5) is 19.8. The van der Waals surface area contributed by atoms with Crippen molar-refractivity contribution in [3.8, 4) is 56.7 Å². The van der Waals surface area contributed by atoms with Crippen molar-refractivity contribution in [2.75, 3.05) is 0 Å². The zero-order chi connectivity index (χ0) is 35.6. The van der Waals surface area contributed by atoms with E-state index in [1.165, 1.54) is 21.7 Å². The number of nitrogens with zero attached hydrogens (tertiary/aromatic N) is 4. The first-order chi connectivity index (χ1) is 26.7. The highest BCUT2D eigenvalue weighted by molar-refractivity contribution is 6.09. The van der Waals surface area contributed by atoms with Crippen molar-refractivity contribution in [2.45, 2.75) is 0 Å². The van der Waals surface area contributed by atoms with Gasteiger partial charge in [0.25, 0.3) is 0 Å². The molecule has 11 aromatic rings. The normalized spacial score (nSPS) is 11.7. The third-order valence-electron chi connectivity index (χ3n) is 10.1. The van der Waals surface area contributed by atoms with Crippen molar-refractivity contribution >= 4 is 54.6 Å². The van der Waals surface area contributed by atoms with E-state index >= 15 is 0 Å². The van der Waals surface area contributed by atoms with Gasteiger partial charge in [-0.3, -0.25) is 0 Å². The maximum atomic E-state index is 6.46. The van der Waals surface area contributed by atoms with Gasteiger partial charge >= 0.3 is 0 Å². The van der Waals surface area contributed by atoms with Crippen LogP contribution in [-0.2, 0) is 0 Å². The van der Waals surface area contributed by atoms with Gasteiger partial charge < -0.3 is 8.83 Å². The standard InChI is InChI=1S/C48H28N4O2/c1-2-11-32(12-3-1)45-50-46(33-20-18-31(19-21-33)38-16-8-14-30-10-6-7-15-37(30)38)52-47(51-45)35-23-24-39-40-27-44-41(28-43(40)53-42(39)26-35)49-48(54-44)36-22-17-29-9-4-5-13-34(29)25-36/h1-28H. The molecule has 0 spiro atoms. The first-order valence-electron chi connectivity index (χ1n) is 17.9. The number of hydrogen-bond donors (Lipinski definition) is 0. The molecule has 3 aromatic heterocycles. The first-order valence-corrected chi connectivity index (χ1v) is 17.9. The van der Waals surface area contributed by atoms with Crippen LogP contribution in [0.15, 0.2) is 179 Å². The number of hydrogen-bond acceptors (Lipinski definition) is 6. The molecule has 3 heterocycles. The molecule has 6 nitrogen and oxygen atoms in total. The Labute approximate surface area is 309 Å². The van der Waals surface area contributed by atoms with Gasteiger partial charge in [-0.2, -0.15) is 0 Å². The molecule has 252 valence electrons. The second-order valence-electron chi connectivity index (χ2n) is 13.5. The predicted molar refractivity (Wildman–Crippen MR) is 217 cm³/mol. The average Bonchev–Trinajstić information content (AvgIpc) is 3.82. The number of benzene rings is 8. The minimum Gasteiger partial charge on any atom is -0.456 e. The molecule has 0 saturated heterocycles. The van der Waals surface area contributed by atoms with Crippen molar-refractivity contribution in [3.63, 3.8) is 0 Å². The second kappa shape index (κ2) is 12.1. The quantitative estimate of drug-likeness (QED) is 0.179. The molecule has 0 aliphatic carbocycles. The van der Waals surface area contributed by atoms with Crippen molar-refractivity contribution in [2.24, 2.45) is 0 Å². The van der Waals surface area contributed by atoms with E-state index in [9.17, 15) is 0 Å². The fourth-order valence-corrected chi connectivity index (χ4v) is 7.41. The summed E-state index contributed by atoms with van der Waals surface area (Å²) in [5, 5.41) is 6.68. The fraction of sp³-hybridized carbons (Fsp3) is 0. The number of rotatable bonds is 5. The molecule has 0 radical (unpaired) electrons. The van der Waals surface area contributed by atoms with E-state index in [0.29, 0.717) is 28.9 Å². The zero-order valence-electron chi connectivity index (χ0n) is 28.8. The molecule has 11 rings (SSSR count). The molecule has 0 saturated carbocycles. The van der Waals surface area contributed by atoms with Crippen LogP contribution in [0.2, 0.25) is 0 Å². The summed E-state index contributed by atoms with van der Waals surface area (Å²) in [6.45, 7) is 0. The lowest BCUT2D eigenvalue weighted by Gasteiger charge is -2.10. The number of oxazole rings is 1. The van der Waals surface area contributed by atoms with Gasteiger partial charge in [0, 0.05) is 39.1 Å². The van der Waals surface area contributed by atoms with Crippen molar-refractivity contribution < 1.29 is 8.83 Å². The molecular weight excluding hydrogens is 665 g/mol. The molecule has 6 heteroatoms. The zero-order valence-corrected chi connectivity index (χ0v) is 28.8. The largest absolute Gasteiger partial charge is 0.456 e. The van der Waals surface area contributed by atoms with Crippen molar-refractivity contribution in [3.05, 3.63) is 170 Å². The molecule has 0 atom stereocenters. The Kier molecular flexibility index (Phi) is 6.75. The Morgan fingerprint density at radius 2 is 0.944 bits per heavy atom. The molecule has 0 aliphatic heterocycles. The van der Waals surface area contributed by atoms with Gasteiger partial charge in [-0.25, -0.2) is 19.9 Å². The van der Waals surface area contributed by atoms with Crippen molar-refractivity contribution in [1.29, 1.82) is 0 Å². The van der Waals surface area contributed by atoms with Gasteiger partial charge in [0.1, 0.15) is 16.7 Å². The van der Waals surface area contributed by atoms with Crippen LogP contribution in [0.5, 0.6) is 0 Å². The topological polar surface area (TPSA) is 77.8 Å². The highest BCUT2D eigenvalue weighted by Crippen LogP contribution is 2.37. The molecule has 0 bridgehead atoms. The van der Waals surface area contributed by atoms with E-state index in [0.717, 1.165) is 60.7 Å². The lowest BCUT2D eigenvalue weighted by atomic mass is 9.97. The van der Waals surface area contributed by atoms with Crippen LogP contribution in [0.25, 0.3) is 111 Å². The van der Waals surface area contributed by atoms with Crippen LogP contribution in [0, 0.1) is 0 Å². The summed E-state index contributed by atoms with van der Waals surface area (Å²) in [7, 11) is 0. The second-order valence-corrected chi connectivity index (χ2v) is 13.5. The Bertz CT molecular complexity index is 3210. The highest BCUT2D eigenvalue weighted by atomic mass is 16.4. The van der Waals surface area contributed by atoms with Gasteiger partial charge in [0.2, 0.25) is 5.89 Å². The van der Waals surface area contributed by atoms with E-state index in [1.807, 2.05) is 72.8 Å². The SMILES string of the molecule is c1ccc(-c2nc(-c3ccc(-c4cccc5ccccc45)cc3)nc(-c3ccc4c(c3)oc3cc5nc(-c6ccc7ccccc7c6)oc5cc34)n2)cc1. The van der Waals surface area contributed by atoms with Gasteiger partial charge in [0.15, 0.2) is 23.1 Å². The minimum absolute atomic E-state index is 0.565. The number of fused-ring (bicyclic) bond motifs is 6. The molecule has 0 unspecified atom stereocenters. The van der Waals surface area contributed by atoms with E-state index in [2.05, 4.69) is 97.1 Å². The molecule has 0 fully saturated rings. The minimum atomic E-state index is 0.565. The molecular formula is C48H28N4O2. The average molecular weight is 693 g/mol. The molecule has 0 amide bonds. The summed E-state index contributed by atoms with van der Waals surface area (Å²) < 4.78 is 12.8. The summed E-state index contributed by atoms with van der Waals surface area (Å²) in [6, 6.07) is 57.9. The van der Waals surface area contributed by atoms with Crippen LogP contribution in [0.4, 0.5) is 0 Å². The van der Waals surface area contributed by atoms with Gasteiger partial charge in [-0.15, -0.1) is 0 Å². The van der Waals surface area contributed by atoms with Crippen LogP contribution in [0.3, 0.4) is 0 Å². The smallest absolute Gasteiger partial charge is 0.227 e. The fourth-order valence-electron chi connectivity index (χ4n) is 7.41. The number of aromatic nitrogens is 4. The maximum Gasteiger partial charge on any atom is 0.227 e. The van der Waals surface area contributed by atoms with E-state index in [-0.39, 0.29) is 0 Å². The molecule has 0 N–H and O–H groups in total. The summed E-state index contributed by atoms with van der Waals surface area (Å²) in [5.74, 6) is 2.35. The summed E-state index contributed by atoms with van der Waals surface area (Å²) >= 11 is 0. The van der Waals surface area contributed by atoms with Gasteiger partial charge in [-0.1, -0.05) is 133 Å². The van der Waals surface area contributed by atoms with Crippen LogP contribution < -0.4 is 0 Å². The van der Waals surface area contributed by atoms with E-state index < -0.39 is 0 Å². The van der Waals surface area contributed by atoms with Crippen LogP contribution in [-0.4, -0.2) is 19.9 Å². The lowest BCUT2D eigenvalue weighted by Crippen LogP contribution is -2.00. The van der Waals surface area contributed by atoms with Gasteiger partial charge in [0.05, 0.1) is 0 Å². The molecule has 54 heavy (non-hydrogen) atoms. The van der Waals surface area contributed by atoms with Crippen LogP contribution in [0.1, 0.15) is 0 Å². The maximum absolute atomic E-state index is 6.46. The Hall–Kier alpha value is -7.44. The number of furan rings is 1. The van der Waals surface area contributed by atoms with Crippen LogP contribution >= 0.6 is 0 Å². The third-order valence-corrected chi connectivity index (χ3v) is 10.1. The van der Waals surface area contributed by atoms with Crippen molar-refractivity contribution in [1.82, 2.24) is 19.9 Å². The summed E-state index contributed by atoms with van der Waals surface area (Å²) in [6.07, 6.45) is 0. The third kappa shape index (κ3) is 5.12. The van der Waals surface area contributed by atoms with E-state index in [4.69, 9.17) is 28.8 Å². The first kappa shape index (κ1) is 30.2. The lowest BCUT2D eigenvalue weighted by molar-refractivity contribution is 0.620. The summed E-state index contributed by atoms with van der Waals surface area (Å²) in [5.41, 5.74) is 8.82. The monoisotopic (exact) mass is 692 g/mol. The Balaban J connectivity index is 0.980. The molecule has 0 aliphatic rings. The Morgan fingerprint density at radius 3 is 1.78 bits per heavy atom. The Morgan fingerprint density at radius 1 is 0.315 bits per heavy atom. The highest BCUT2D eigenvalue weighted by Gasteiger charge is 2.17.